The summed E-state index contributed by atoms with van der Waals surface area (Å²) in [5, 5.41) is 3.44. The van der Waals surface area contributed by atoms with Gasteiger partial charge in [-0.3, -0.25) is 4.39 Å². The summed E-state index contributed by atoms with van der Waals surface area (Å²) >= 11 is 0. The van der Waals surface area contributed by atoms with E-state index in [-0.39, 0.29) is 6.67 Å². The third-order valence-electron chi connectivity index (χ3n) is 2.92. The van der Waals surface area contributed by atoms with E-state index in [1.165, 1.54) is 19.3 Å². The van der Waals surface area contributed by atoms with Crippen molar-refractivity contribution < 1.29 is 4.39 Å². The van der Waals surface area contributed by atoms with Crippen LogP contribution in [0.5, 0.6) is 0 Å². The van der Waals surface area contributed by atoms with E-state index in [0.29, 0.717) is 12.5 Å². The molecule has 1 nitrogen and oxygen atoms in total. The Morgan fingerprint density at radius 2 is 1.77 bits per heavy atom. The van der Waals surface area contributed by atoms with Crippen LogP contribution in [0.4, 0.5) is 4.39 Å². The molecule has 13 heavy (non-hydrogen) atoms. The molecule has 0 radical (unpaired) electrons. The summed E-state index contributed by atoms with van der Waals surface area (Å²) < 4.78 is 11.9. The Bertz CT molecular complexity index is 128. The van der Waals surface area contributed by atoms with Crippen LogP contribution >= 0.6 is 0 Å². The van der Waals surface area contributed by atoms with Crippen LogP contribution < -0.4 is 5.32 Å². The van der Waals surface area contributed by atoms with Crippen LogP contribution in [0.3, 0.4) is 0 Å². The molecule has 0 amide bonds. The SMILES string of the molecule is CC1CC(C)CC(NCCCF)C1. The molecule has 2 unspecified atom stereocenters. The molecule has 0 saturated heterocycles. The van der Waals surface area contributed by atoms with E-state index < -0.39 is 0 Å². The summed E-state index contributed by atoms with van der Waals surface area (Å²) in [6.45, 7) is 5.30. The largest absolute Gasteiger partial charge is 0.314 e. The maximum Gasteiger partial charge on any atom is 0.0906 e. The molecular weight excluding hydrogens is 165 g/mol. The molecule has 1 aliphatic rings. The minimum absolute atomic E-state index is 0.190. The lowest BCUT2D eigenvalue weighted by Gasteiger charge is -2.32. The van der Waals surface area contributed by atoms with Crippen LogP contribution in [-0.2, 0) is 0 Å². The Morgan fingerprint density at radius 1 is 1.15 bits per heavy atom. The van der Waals surface area contributed by atoms with Gasteiger partial charge in [0.2, 0.25) is 0 Å². The highest BCUT2D eigenvalue weighted by molar-refractivity contribution is 4.79. The van der Waals surface area contributed by atoms with Gasteiger partial charge in [0.1, 0.15) is 0 Å². The normalized spacial score (nSPS) is 34.8. The smallest absolute Gasteiger partial charge is 0.0906 e. The summed E-state index contributed by atoms with van der Waals surface area (Å²) in [7, 11) is 0. The highest BCUT2D eigenvalue weighted by atomic mass is 19.1. The van der Waals surface area contributed by atoms with Crippen molar-refractivity contribution >= 4 is 0 Å². The first kappa shape index (κ1) is 11.0. The minimum atomic E-state index is -0.190. The van der Waals surface area contributed by atoms with Gasteiger partial charge < -0.3 is 5.32 Å². The fraction of sp³-hybridized carbons (Fsp3) is 1.00. The highest BCUT2D eigenvalue weighted by Crippen LogP contribution is 2.28. The molecule has 0 aromatic carbocycles. The van der Waals surface area contributed by atoms with E-state index in [4.69, 9.17) is 0 Å². The van der Waals surface area contributed by atoms with Crippen molar-refractivity contribution in [2.75, 3.05) is 13.2 Å². The molecule has 0 aliphatic heterocycles. The third kappa shape index (κ3) is 4.08. The molecule has 1 aliphatic carbocycles. The lowest BCUT2D eigenvalue weighted by atomic mass is 9.80. The summed E-state index contributed by atoms with van der Waals surface area (Å²) in [6.07, 6.45) is 4.58. The lowest BCUT2D eigenvalue weighted by Crippen LogP contribution is -2.36. The van der Waals surface area contributed by atoms with Gasteiger partial charge in [-0.2, -0.15) is 0 Å². The zero-order valence-corrected chi connectivity index (χ0v) is 8.85. The van der Waals surface area contributed by atoms with Crippen molar-refractivity contribution in [3.63, 3.8) is 0 Å². The molecule has 0 heterocycles. The van der Waals surface area contributed by atoms with Crippen LogP contribution in [0.2, 0.25) is 0 Å². The predicted octanol–water partition coefficient (Wildman–Crippen LogP) is 2.76. The zero-order chi connectivity index (χ0) is 9.68. The van der Waals surface area contributed by atoms with Crippen molar-refractivity contribution in [2.45, 2.75) is 45.6 Å². The number of hydrogen-bond donors (Lipinski definition) is 1. The van der Waals surface area contributed by atoms with Gasteiger partial charge in [0.15, 0.2) is 0 Å². The zero-order valence-electron chi connectivity index (χ0n) is 8.85. The number of halogens is 1. The Balaban J connectivity index is 2.17. The Labute approximate surface area is 81.1 Å². The first-order valence-electron chi connectivity index (χ1n) is 5.51. The van der Waals surface area contributed by atoms with Gasteiger partial charge in [-0.15, -0.1) is 0 Å². The van der Waals surface area contributed by atoms with E-state index in [0.717, 1.165) is 18.4 Å². The second kappa shape index (κ2) is 5.58. The van der Waals surface area contributed by atoms with E-state index in [2.05, 4.69) is 19.2 Å². The average molecular weight is 187 g/mol. The van der Waals surface area contributed by atoms with Gasteiger partial charge in [-0.25, -0.2) is 0 Å². The molecule has 0 aromatic rings. The summed E-state index contributed by atoms with van der Waals surface area (Å²) in [4.78, 5) is 0. The third-order valence-corrected chi connectivity index (χ3v) is 2.92. The first-order valence-corrected chi connectivity index (χ1v) is 5.51. The van der Waals surface area contributed by atoms with E-state index in [1.54, 1.807) is 0 Å². The predicted molar refractivity (Wildman–Crippen MR) is 54.6 cm³/mol. The molecule has 2 heteroatoms. The van der Waals surface area contributed by atoms with Crippen LogP contribution in [0.25, 0.3) is 0 Å². The maximum atomic E-state index is 11.9. The first-order chi connectivity index (χ1) is 6.22. The molecule has 78 valence electrons. The number of nitrogens with one attached hydrogen (secondary N) is 1. The topological polar surface area (TPSA) is 12.0 Å². The van der Waals surface area contributed by atoms with Crippen molar-refractivity contribution in [1.29, 1.82) is 0 Å². The van der Waals surface area contributed by atoms with Crippen LogP contribution in [-0.4, -0.2) is 19.3 Å². The van der Waals surface area contributed by atoms with E-state index in [9.17, 15) is 4.39 Å². The molecule has 1 fully saturated rings. The van der Waals surface area contributed by atoms with Gasteiger partial charge >= 0.3 is 0 Å². The summed E-state index contributed by atoms with van der Waals surface area (Å²) in [5.74, 6) is 1.68. The number of rotatable bonds is 4. The monoisotopic (exact) mass is 187 g/mol. The average Bonchev–Trinajstić information content (AvgIpc) is 2.03. The van der Waals surface area contributed by atoms with Crippen molar-refractivity contribution in [3.05, 3.63) is 0 Å². The summed E-state index contributed by atoms with van der Waals surface area (Å²) in [5.41, 5.74) is 0. The Kier molecular flexibility index (Phi) is 4.71. The van der Waals surface area contributed by atoms with Crippen LogP contribution in [0.15, 0.2) is 0 Å². The molecule has 0 bridgehead atoms. The van der Waals surface area contributed by atoms with Gasteiger partial charge in [0.25, 0.3) is 0 Å². The number of alkyl halides is 1. The molecule has 1 rings (SSSR count). The highest BCUT2D eigenvalue weighted by Gasteiger charge is 2.22. The van der Waals surface area contributed by atoms with Crippen LogP contribution in [0.1, 0.15) is 39.5 Å². The quantitative estimate of drug-likeness (QED) is 0.667. The van der Waals surface area contributed by atoms with Crippen molar-refractivity contribution in [1.82, 2.24) is 5.32 Å². The second-order valence-corrected chi connectivity index (χ2v) is 4.61. The standard InChI is InChI=1S/C11H22FN/c1-9-6-10(2)8-11(7-9)13-5-3-4-12/h9-11,13H,3-8H2,1-2H3. The maximum absolute atomic E-state index is 11.9. The van der Waals surface area contributed by atoms with Gasteiger partial charge in [0.05, 0.1) is 6.67 Å². The molecule has 1 N–H and O–H groups in total. The molecule has 0 aromatic heterocycles. The van der Waals surface area contributed by atoms with Crippen LogP contribution in [0, 0.1) is 11.8 Å². The van der Waals surface area contributed by atoms with Crippen molar-refractivity contribution in [2.24, 2.45) is 11.8 Å². The fourth-order valence-corrected chi connectivity index (χ4v) is 2.49. The van der Waals surface area contributed by atoms with E-state index >= 15 is 0 Å². The molecule has 0 spiro atoms. The summed E-state index contributed by atoms with van der Waals surface area (Å²) in [6, 6.07) is 0.644. The Morgan fingerprint density at radius 3 is 2.31 bits per heavy atom. The second-order valence-electron chi connectivity index (χ2n) is 4.61. The lowest BCUT2D eigenvalue weighted by molar-refractivity contribution is 0.237. The Hall–Kier alpha value is -0.110. The minimum Gasteiger partial charge on any atom is -0.314 e. The van der Waals surface area contributed by atoms with E-state index in [1.807, 2.05) is 0 Å². The molecule has 2 atom stereocenters. The van der Waals surface area contributed by atoms with Gasteiger partial charge in [0, 0.05) is 6.04 Å². The van der Waals surface area contributed by atoms with Crippen molar-refractivity contribution in [3.8, 4) is 0 Å². The molecule has 1 saturated carbocycles. The fourth-order valence-electron chi connectivity index (χ4n) is 2.49. The number of hydrogen-bond acceptors (Lipinski definition) is 1. The van der Waals surface area contributed by atoms with Gasteiger partial charge in [-0.05, 0) is 44.1 Å². The van der Waals surface area contributed by atoms with Gasteiger partial charge in [-0.1, -0.05) is 13.8 Å². The molecular formula is C11H22FN.